The molecule has 2 saturated heterocycles. The van der Waals surface area contributed by atoms with Crippen LogP contribution in [0, 0.1) is 0 Å². The molecule has 2 fully saturated rings. The summed E-state index contributed by atoms with van der Waals surface area (Å²) in [6, 6.07) is 19.0. The van der Waals surface area contributed by atoms with Crippen LogP contribution in [0.15, 0.2) is 79.1 Å². The van der Waals surface area contributed by atoms with Crippen LogP contribution < -0.4 is 25.0 Å². The second-order valence-corrected chi connectivity index (χ2v) is 15.8. The minimum Gasteiger partial charge on any atom is -0.490 e. The number of fused-ring (bicyclic) bond motifs is 2. The predicted molar refractivity (Wildman–Crippen MR) is 212 cm³/mol. The average molecular weight is 795 g/mol. The fourth-order valence-electron chi connectivity index (χ4n) is 7.29. The average Bonchev–Trinajstić information content (AvgIpc) is 3.74. The zero-order valence-electron chi connectivity index (χ0n) is 31.3. The van der Waals surface area contributed by atoms with Crippen LogP contribution in [0.2, 0.25) is 0 Å². The fourth-order valence-corrected chi connectivity index (χ4v) is 7.85. The van der Waals surface area contributed by atoms with Gasteiger partial charge in [0, 0.05) is 50.5 Å². The quantitative estimate of drug-likeness (QED) is 0.110. The normalized spacial score (nSPS) is 17.5. The second kappa shape index (κ2) is 16.2. The SMILES string of the molecule is CS(=O)(=O)Nc1cccc(-c2ccc3cnc(Nc4ccc(N5CCN(CCOCCOc6cccc7c6C(=O)N(C6CCCNC6=O)C7=O)CC5)nc4)nn23)c1. The number of carbonyl (C=O) groups is 3. The number of hydrogen-bond acceptors (Lipinski definition) is 13. The Balaban J connectivity index is 0.778. The first kappa shape index (κ1) is 37.8. The van der Waals surface area contributed by atoms with Gasteiger partial charge in [0.15, 0.2) is 0 Å². The summed E-state index contributed by atoms with van der Waals surface area (Å²) in [5.41, 5.74) is 4.02. The van der Waals surface area contributed by atoms with E-state index in [1.54, 1.807) is 53.3 Å². The smallest absolute Gasteiger partial charge is 0.266 e. The molecular formula is C39H42N10O7S. The summed E-state index contributed by atoms with van der Waals surface area (Å²) in [5, 5.41) is 10.7. The van der Waals surface area contributed by atoms with Gasteiger partial charge in [-0.05, 0) is 61.4 Å². The first-order valence-electron chi connectivity index (χ1n) is 18.7. The molecule has 2 aromatic carbocycles. The van der Waals surface area contributed by atoms with Crippen LogP contribution in [-0.2, 0) is 19.6 Å². The van der Waals surface area contributed by atoms with Crippen LogP contribution in [-0.4, -0.2) is 127 Å². The number of rotatable bonds is 14. The van der Waals surface area contributed by atoms with Crippen LogP contribution in [0.5, 0.6) is 5.75 Å². The maximum atomic E-state index is 13.3. The lowest BCUT2D eigenvalue weighted by Gasteiger charge is -2.35. The van der Waals surface area contributed by atoms with Gasteiger partial charge in [0.25, 0.3) is 11.8 Å². The molecule has 0 spiro atoms. The molecule has 17 nitrogen and oxygen atoms in total. The second-order valence-electron chi connectivity index (χ2n) is 14.0. The summed E-state index contributed by atoms with van der Waals surface area (Å²) in [6.45, 7) is 5.66. The van der Waals surface area contributed by atoms with Crippen molar-refractivity contribution >= 4 is 56.4 Å². The topological polar surface area (TPSA) is 193 Å². The van der Waals surface area contributed by atoms with Crippen LogP contribution in [0.4, 0.5) is 23.1 Å². The Hall–Kier alpha value is -6.11. The number of nitrogens with one attached hydrogen (secondary N) is 3. The molecule has 0 radical (unpaired) electrons. The number of amides is 3. The highest BCUT2D eigenvalue weighted by Gasteiger charge is 2.45. The third kappa shape index (κ3) is 8.37. The molecule has 3 amide bonds. The highest BCUT2D eigenvalue weighted by Crippen LogP contribution is 2.33. The number of hydrogen-bond donors (Lipinski definition) is 3. The minimum atomic E-state index is -3.41. The highest BCUT2D eigenvalue weighted by molar-refractivity contribution is 7.92. The fraction of sp³-hybridized carbons (Fsp3) is 0.333. The highest BCUT2D eigenvalue weighted by atomic mass is 32.2. The van der Waals surface area contributed by atoms with Crippen LogP contribution in [0.1, 0.15) is 33.6 Å². The number of anilines is 4. The van der Waals surface area contributed by atoms with E-state index in [0.29, 0.717) is 50.0 Å². The Morgan fingerprint density at radius 1 is 0.877 bits per heavy atom. The molecule has 296 valence electrons. The van der Waals surface area contributed by atoms with E-state index >= 15 is 0 Å². The Kier molecular flexibility index (Phi) is 10.7. The van der Waals surface area contributed by atoms with Crippen LogP contribution >= 0.6 is 0 Å². The number of piperazine rings is 1. The maximum absolute atomic E-state index is 13.3. The Morgan fingerprint density at radius 2 is 1.72 bits per heavy atom. The van der Waals surface area contributed by atoms with E-state index in [-0.39, 0.29) is 23.6 Å². The van der Waals surface area contributed by atoms with Gasteiger partial charge in [0.05, 0.1) is 59.9 Å². The number of carbonyl (C=O) groups excluding carboxylic acids is 3. The summed E-state index contributed by atoms with van der Waals surface area (Å²) in [7, 11) is -3.41. The summed E-state index contributed by atoms with van der Waals surface area (Å²) < 4.78 is 39.5. The van der Waals surface area contributed by atoms with E-state index in [1.807, 2.05) is 30.3 Å². The number of imide groups is 1. The Morgan fingerprint density at radius 3 is 2.51 bits per heavy atom. The summed E-state index contributed by atoms with van der Waals surface area (Å²) in [4.78, 5) is 53.5. The lowest BCUT2D eigenvalue weighted by Crippen LogP contribution is -2.52. The molecular weight excluding hydrogens is 753 g/mol. The monoisotopic (exact) mass is 794 g/mol. The molecule has 0 aliphatic carbocycles. The molecule has 3 aromatic heterocycles. The molecule has 3 aliphatic heterocycles. The van der Waals surface area contributed by atoms with E-state index in [4.69, 9.17) is 14.5 Å². The third-order valence-electron chi connectivity index (χ3n) is 10.1. The van der Waals surface area contributed by atoms with Crippen molar-refractivity contribution in [2.45, 2.75) is 18.9 Å². The van der Waals surface area contributed by atoms with Gasteiger partial charge < -0.3 is 25.0 Å². The molecule has 0 bridgehead atoms. The van der Waals surface area contributed by atoms with Crippen molar-refractivity contribution in [3.63, 3.8) is 0 Å². The Labute approximate surface area is 329 Å². The Bertz CT molecular complexity index is 2420. The first-order valence-corrected chi connectivity index (χ1v) is 20.6. The number of nitrogens with zero attached hydrogens (tertiary/aromatic N) is 7. The predicted octanol–water partition coefficient (Wildman–Crippen LogP) is 3.00. The lowest BCUT2D eigenvalue weighted by molar-refractivity contribution is -0.126. The maximum Gasteiger partial charge on any atom is 0.266 e. The number of pyridine rings is 1. The van der Waals surface area contributed by atoms with Crippen molar-refractivity contribution in [1.29, 1.82) is 0 Å². The minimum absolute atomic E-state index is 0.199. The largest absolute Gasteiger partial charge is 0.490 e. The number of ether oxygens (including phenoxy) is 2. The third-order valence-corrected chi connectivity index (χ3v) is 10.7. The molecule has 6 heterocycles. The van der Waals surface area contributed by atoms with Gasteiger partial charge in [-0.15, -0.1) is 5.10 Å². The van der Waals surface area contributed by atoms with E-state index in [9.17, 15) is 22.8 Å². The van der Waals surface area contributed by atoms with E-state index in [1.165, 1.54) is 0 Å². The molecule has 0 saturated carbocycles. The molecule has 3 aliphatic rings. The van der Waals surface area contributed by atoms with Gasteiger partial charge in [-0.3, -0.25) is 28.9 Å². The van der Waals surface area contributed by atoms with Gasteiger partial charge in [0.1, 0.15) is 24.2 Å². The molecule has 1 atom stereocenters. The van der Waals surface area contributed by atoms with Crippen molar-refractivity contribution in [2.24, 2.45) is 0 Å². The molecule has 57 heavy (non-hydrogen) atoms. The van der Waals surface area contributed by atoms with E-state index in [0.717, 1.165) is 72.2 Å². The molecule has 18 heteroatoms. The van der Waals surface area contributed by atoms with E-state index in [2.05, 4.69) is 35.2 Å². The van der Waals surface area contributed by atoms with Crippen molar-refractivity contribution < 1.29 is 32.3 Å². The van der Waals surface area contributed by atoms with Crippen LogP contribution in [0.3, 0.4) is 0 Å². The number of aromatic nitrogens is 4. The van der Waals surface area contributed by atoms with Crippen LogP contribution in [0.25, 0.3) is 16.8 Å². The molecule has 5 aromatic rings. The molecule has 3 N–H and O–H groups in total. The number of sulfonamides is 1. The van der Waals surface area contributed by atoms with E-state index < -0.39 is 27.9 Å². The first-order chi connectivity index (χ1) is 27.6. The molecule has 1 unspecified atom stereocenters. The van der Waals surface area contributed by atoms with Crippen molar-refractivity contribution in [1.82, 2.24) is 34.7 Å². The van der Waals surface area contributed by atoms with Crippen molar-refractivity contribution in [3.8, 4) is 17.0 Å². The van der Waals surface area contributed by atoms with Gasteiger partial charge in [-0.25, -0.2) is 22.9 Å². The van der Waals surface area contributed by atoms with Gasteiger partial charge >= 0.3 is 0 Å². The van der Waals surface area contributed by atoms with Gasteiger partial charge in [-0.1, -0.05) is 18.2 Å². The zero-order valence-corrected chi connectivity index (χ0v) is 32.1. The summed E-state index contributed by atoms with van der Waals surface area (Å²) >= 11 is 0. The number of piperidine rings is 1. The summed E-state index contributed by atoms with van der Waals surface area (Å²) in [6.07, 6.45) is 5.73. The standard InChI is InChI=1S/C39H42N10O7S/c1-57(53,54)45-27-6-2-5-26(23-27)31-12-11-29-25-42-39(44-49(29)31)43-28-10-13-34(41-24-28)47-17-15-46(16-18-47)19-20-55-21-22-56-33-9-3-7-30-35(33)38(52)48(37(30)51)32-8-4-14-40-36(32)50/h2-3,5-7,9-13,23-25,32,45H,4,8,14-22H2,1H3,(H,40,50)(H,43,44). The van der Waals surface area contributed by atoms with Crippen molar-refractivity contribution in [2.75, 3.05) is 80.3 Å². The summed E-state index contributed by atoms with van der Waals surface area (Å²) in [5.74, 6) is 0.294. The lowest BCUT2D eigenvalue weighted by atomic mass is 10.1. The number of benzene rings is 2. The molecule has 8 rings (SSSR count). The zero-order chi connectivity index (χ0) is 39.5. The van der Waals surface area contributed by atoms with Gasteiger partial charge in [-0.2, -0.15) is 0 Å². The van der Waals surface area contributed by atoms with Gasteiger partial charge in [0.2, 0.25) is 21.9 Å². The van der Waals surface area contributed by atoms with Crippen molar-refractivity contribution in [3.05, 3.63) is 90.3 Å².